The highest BCUT2D eigenvalue weighted by Gasteiger charge is 2.16. The van der Waals surface area contributed by atoms with Crippen molar-refractivity contribution >= 4 is 29.1 Å². The summed E-state index contributed by atoms with van der Waals surface area (Å²) in [5, 5.41) is 3.81. The predicted octanol–water partition coefficient (Wildman–Crippen LogP) is 4.66. The van der Waals surface area contributed by atoms with Crippen molar-refractivity contribution < 1.29 is 19.0 Å². The Kier molecular flexibility index (Phi) is 7.42. The number of benzene rings is 2. The van der Waals surface area contributed by atoms with E-state index in [0.717, 1.165) is 5.56 Å². The van der Waals surface area contributed by atoms with Crippen LogP contribution >= 0.6 is 23.2 Å². The van der Waals surface area contributed by atoms with Crippen LogP contribution in [-0.4, -0.2) is 26.7 Å². The Morgan fingerprint density at radius 3 is 2.35 bits per heavy atom. The van der Waals surface area contributed by atoms with Gasteiger partial charge < -0.3 is 19.5 Å². The molecule has 0 aliphatic rings. The fourth-order valence-corrected chi connectivity index (χ4v) is 2.93. The molecule has 1 atom stereocenters. The summed E-state index contributed by atoms with van der Waals surface area (Å²) in [6.07, 6.45) is 0.711. The topological polar surface area (TPSA) is 56.8 Å². The molecule has 0 saturated heterocycles. The van der Waals surface area contributed by atoms with Gasteiger partial charge in [-0.15, -0.1) is 0 Å². The van der Waals surface area contributed by atoms with Gasteiger partial charge in [-0.1, -0.05) is 36.2 Å². The quantitative estimate of drug-likeness (QED) is 0.703. The number of carbonyl (C=O) groups is 1. The summed E-state index contributed by atoms with van der Waals surface area (Å²) in [7, 11) is 3.15. The van der Waals surface area contributed by atoms with E-state index in [-0.39, 0.29) is 18.6 Å². The second-order valence-electron chi connectivity index (χ2n) is 5.51. The van der Waals surface area contributed by atoms with Gasteiger partial charge in [-0.3, -0.25) is 4.79 Å². The second-order valence-corrected chi connectivity index (χ2v) is 6.35. The van der Waals surface area contributed by atoms with Crippen LogP contribution in [0.4, 0.5) is 0 Å². The maximum atomic E-state index is 12.3. The van der Waals surface area contributed by atoms with Crippen LogP contribution < -0.4 is 19.5 Å². The van der Waals surface area contributed by atoms with Gasteiger partial charge in [0.1, 0.15) is 5.75 Å². The number of rotatable bonds is 8. The number of methoxy groups -OCH3 is 2. The van der Waals surface area contributed by atoms with E-state index in [2.05, 4.69) is 5.32 Å². The highest BCUT2D eigenvalue weighted by Crippen LogP contribution is 2.31. The fraction of sp³-hybridized carbons (Fsp3) is 0.316. The molecule has 0 aliphatic carbocycles. The van der Waals surface area contributed by atoms with Crippen molar-refractivity contribution in [1.82, 2.24) is 5.32 Å². The van der Waals surface area contributed by atoms with E-state index in [1.54, 1.807) is 32.4 Å². The molecule has 0 fully saturated rings. The number of hydrogen-bond acceptors (Lipinski definition) is 4. The largest absolute Gasteiger partial charge is 0.493 e. The van der Waals surface area contributed by atoms with Crippen LogP contribution in [0.5, 0.6) is 17.2 Å². The van der Waals surface area contributed by atoms with E-state index in [1.807, 2.05) is 25.1 Å². The van der Waals surface area contributed by atoms with Gasteiger partial charge in [-0.2, -0.15) is 0 Å². The van der Waals surface area contributed by atoms with E-state index < -0.39 is 0 Å². The molecule has 2 aromatic rings. The van der Waals surface area contributed by atoms with E-state index in [9.17, 15) is 4.79 Å². The van der Waals surface area contributed by atoms with Crippen molar-refractivity contribution in [2.24, 2.45) is 0 Å². The average molecular weight is 398 g/mol. The Hall–Kier alpha value is -2.11. The van der Waals surface area contributed by atoms with Crippen LogP contribution in [0.15, 0.2) is 36.4 Å². The van der Waals surface area contributed by atoms with Gasteiger partial charge in [0.2, 0.25) is 0 Å². The Morgan fingerprint density at radius 2 is 1.73 bits per heavy atom. The predicted molar refractivity (Wildman–Crippen MR) is 103 cm³/mol. The third-order valence-corrected chi connectivity index (χ3v) is 4.34. The first-order valence-electron chi connectivity index (χ1n) is 8.07. The summed E-state index contributed by atoms with van der Waals surface area (Å²) in [4.78, 5) is 12.3. The molecule has 0 bridgehead atoms. The molecule has 0 unspecified atom stereocenters. The summed E-state index contributed by atoms with van der Waals surface area (Å²) in [5.41, 5.74) is 0.919. The highest BCUT2D eigenvalue weighted by molar-refractivity contribution is 6.35. The molecular weight excluding hydrogens is 377 g/mol. The SMILES string of the molecule is CC[C@H](NC(=O)COc1ccc(Cl)cc1Cl)c1ccc(OC)c(OC)c1. The van der Waals surface area contributed by atoms with Gasteiger partial charge in [0.15, 0.2) is 18.1 Å². The van der Waals surface area contributed by atoms with Gasteiger partial charge in [-0.25, -0.2) is 0 Å². The van der Waals surface area contributed by atoms with Gasteiger partial charge in [0, 0.05) is 5.02 Å². The Labute approximate surface area is 163 Å². The lowest BCUT2D eigenvalue weighted by atomic mass is 10.0. The molecule has 140 valence electrons. The Bertz CT molecular complexity index is 767. The smallest absolute Gasteiger partial charge is 0.258 e. The van der Waals surface area contributed by atoms with E-state index in [0.29, 0.717) is 33.7 Å². The summed E-state index contributed by atoms with van der Waals surface area (Å²) >= 11 is 11.9. The third kappa shape index (κ3) is 5.19. The van der Waals surface area contributed by atoms with Crippen LogP contribution in [0.3, 0.4) is 0 Å². The molecule has 0 saturated carbocycles. The van der Waals surface area contributed by atoms with Gasteiger partial charge in [0.25, 0.3) is 5.91 Å². The Balaban J connectivity index is 2.01. The highest BCUT2D eigenvalue weighted by atomic mass is 35.5. The first-order chi connectivity index (χ1) is 12.5. The van der Waals surface area contributed by atoms with Crippen LogP contribution in [0.2, 0.25) is 10.0 Å². The van der Waals surface area contributed by atoms with E-state index in [1.165, 1.54) is 0 Å². The zero-order valence-electron chi connectivity index (χ0n) is 14.8. The zero-order chi connectivity index (χ0) is 19.1. The van der Waals surface area contributed by atoms with Crippen LogP contribution in [0.1, 0.15) is 24.9 Å². The lowest BCUT2D eigenvalue weighted by molar-refractivity contribution is -0.123. The molecule has 0 spiro atoms. The molecule has 1 N–H and O–H groups in total. The summed E-state index contributed by atoms with van der Waals surface area (Å²) in [5.74, 6) is 1.41. The maximum absolute atomic E-state index is 12.3. The molecule has 5 nitrogen and oxygen atoms in total. The summed E-state index contributed by atoms with van der Waals surface area (Å²) in [6, 6.07) is 10.2. The van der Waals surface area contributed by atoms with Crippen LogP contribution in [0, 0.1) is 0 Å². The standard InChI is InChI=1S/C19H21Cl2NO4/c1-4-15(12-5-7-17(24-2)18(9-12)25-3)22-19(23)11-26-16-8-6-13(20)10-14(16)21/h5-10,15H,4,11H2,1-3H3,(H,22,23)/t15-/m0/s1. The molecule has 26 heavy (non-hydrogen) atoms. The molecule has 2 rings (SSSR count). The van der Waals surface area contributed by atoms with Gasteiger partial charge >= 0.3 is 0 Å². The molecule has 0 aliphatic heterocycles. The van der Waals surface area contributed by atoms with Crippen LogP contribution in [-0.2, 0) is 4.79 Å². The first-order valence-corrected chi connectivity index (χ1v) is 8.83. The normalized spacial score (nSPS) is 11.6. The number of nitrogens with one attached hydrogen (secondary N) is 1. The molecule has 7 heteroatoms. The monoisotopic (exact) mass is 397 g/mol. The van der Waals surface area contributed by atoms with Gasteiger partial charge in [-0.05, 0) is 42.3 Å². The first kappa shape index (κ1) is 20.2. The van der Waals surface area contributed by atoms with Crippen LogP contribution in [0.25, 0.3) is 0 Å². The molecule has 0 heterocycles. The minimum Gasteiger partial charge on any atom is -0.493 e. The number of hydrogen-bond donors (Lipinski definition) is 1. The molecule has 2 aromatic carbocycles. The van der Waals surface area contributed by atoms with E-state index >= 15 is 0 Å². The lowest BCUT2D eigenvalue weighted by Gasteiger charge is -2.19. The van der Waals surface area contributed by atoms with Gasteiger partial charge in [0.05, 0.1) is 25.3 Å². The Morgan fingerprint density at radius 1 is 1.04 bits per heavy atom. The number of ether oxygens (including phenoxy) is 3. The zero-order valence-corrected chi connectivity index (χ0v) is 16.4. The number of amides is 1. The second kappa shape index (κ2) is 9.55. The van der Waals surface area contributed by atoms with Crippen molar-refractivity contribution in [2.75, 3.05) is 20.8 Å². The van der Waals surface area contributed by atoms with Crippen molar-refractivity contribution in [3.05, 3.63) is 52.0 Å². The summed E-state index contributed by atoms with van der Waals surface area (Å²) < 4.78 is 16.0. The number of halogens is 2. The van der Waals surface area contributed by atoms with Crippen molar-refractivity contribution in [3.63, 3.8) is 0 Å². The van der Waals surface area contributed by atoms with Crippen molar-refractivity contribution in [3.8, 4) is 17.2 Å². The van der Waals surface area contributed by atoms with E-state index in [4.69, 9.17) is 37.4 Å². The average Bonchev–Trinajstić information content (AvgIpc) is 2.64. The molecular formula is C19H21Cl2NO4. The third-order valence-electron chi connectivity index (χ3n) is 3.81. The fourth-order valence-electron chi connectivity index (χ4n) is 2.46. The molecule has 0 radical (unpaired) electrons. The molecule has 1 amide bonds. The van der Waals surface area contributed by atoms with Crippen molar-refractivity contribution in [1.29, 1.82) is 0 Å². The minimum atomic E-state index is -0.252. The lowest BCUT2D eigenvalue weighted by Crippen LogP contribution is -2.32. The maximum Gasteiger partial charge on any atom is 0.258 e. The molecule has 0 aromatic heterocycles. The van der Waals surface area contributed by atoms with Crippen molar-refractivity contribution in [2.45, 2.75) is 19.4 Å². The minimum absolute atomic E-state index is 0.148. The number of carbonyl (C=O) groups excluding carboxylic acids is 1. The summed E-state index contributed by atoms with van der Waals surface area (Å²) in [6.45, 7) is 1.84.